The fraction of sp³-hybridized carbons (Fsp3) is 0.467. The van der Waals surface area contributed by atoms with Crippen LogP contribution in [0.5, 0.6) is 5.75 Å². The van der Waals surface area contributed by atoms with Crippen LogP contribution in [0.15, 0.2) is 24.3 Å². The Morgan fingerprint density at radius 3 is 2.55 bits per heavy atom. The second-order valence-corrected chi connectivity index (χ2v) is 4.97. The standard InChI is InChI=1S/C15H19NO4/c1-20-13-5-3-2-4-12(13)11-6-8-16(9-7-11)14(17)10-15(18)19/h2-5,11H,6-10H2,1H3,(H,18,19). The van der Waals surface area contributed by atoms with E-state index in [0.717, 1.165) is 18.6 Å². The maximum Gasteiger partial charge on any atom is 0.312 e. The first kappa shape index (κ1) is 14.4. The number of piperidine rings is 1. The van der Waals surface area contributed by atoms with Crippen LogP contribution in [0.2, 0.25) is 0 Å². The molecule has 0 aromatic heterocycles. The van der Waals surface area contributed by atoms with E-state index in [-0.39, 0.29) is 5.91 Å². The number of nitrogens with zero attached hydrogens (tertiary/aromatic N) is 1. The number of rotatable bonds is 4. The quantitative estimate of drug-likeness (QED) is 0.853. The first-order chi connectivity index (χ1) is 9.61. The van der Waals surface area contributed by atoms with Gasteiger partial charge >= 0.3 is 5.97 Å². The Morgan fingerprint density at radius 1 is 1.30 bits per heavy atom. The van der Waals surface area contributed by atoms with Crippen LogP contribution in [0.4, 0.5) is 0 Å². The summed E-state index contributed by atoms with van der Waals surface area (Å²) >= 11 is 0. The van der Waals surface area contributed by atoms with Gasteiger partial charge in [-0.1, -0.05) is 18.2 Å². The number of hydrogen-bond donors (Lipinski definition) is 1. The van der Waals surface area contributed by atoms with E-state index < -0.39 is 12.4 Å². The predicted molar refractivity (Wildman–Crippen MR) is 73.8 cm³/mol. The van der Waals surface area contributed by atoms with E-state index in [1.165, 1.54) is 5.56 Å². The number of carbonyl (C=O) groups is 2. The highest BCUT2D eigenvalue weighted by Crippen LogP contribution is 2.34. The molecule has 1 aliphatic rings. The molecular formula is C15H19NO4. The van der Waals surface area contributed by atoms with Crippen LogP contribution in [-0.4, -0.2) is 42.1 Å². The van der Waals surface area contributed by atoms with E-state index in [1.54, 1.807) is 12.0 Å². The predicted octanol–water partition coefficient (Wildman–Crippen LogP) is 1.88. The SMILES string of the molecule is COc1ccccc1C1CCN(C(=O)CC(=O)O)CC1. The van der Waals surface area contributed by atoms with Gasteiger partial charge in [0.25, 0.3) is 0 Å². The summed E-state index contributed by atoms with van der Waals surface area (Å²) in [5, 5.41) is 8.65. The normalized spacial score (nSPS) is 15.9. The average molecular weight is 277 g/mol. The second kappa shape index (κ2) is 6.41. The van der Waals surface area contributed by atoms with Gasteiger partial charge in [0.05, 0.1) is 7.11 Å². The molecule has 0 atom stereocenters. The van der Waals surface area contributed by atoms with Crippen molar-refractivity contribution in [3.05, 3.63) is 29.8 Å². The number of amides is 1. The maximum atomic E-state index is 11.7. The molecule has 0 bridgehead atoms. The van der Waals surface area contributed by atoms with Crippen molar-refractivity contribution in [2.24, 2.45) is 0 Å². The fourth-order valence-corrected chi connectivity index (χ4v) is 2.68. The number of carboxylic acid groups (broad SMARTS) is 1. The van der Waals surface area contributed by atoms with Crippen LogP contribution in [0, 0.1) is 0 Å². The lowest BCUT2D eigenvalue weighted by atomic mass is 9.88. The van der Waals surface area contributed by atoms with E-state index in [2.05, 4.69) is 6.07 Å². The summed E-state index contributed by atoms with van der Waals surface area (Å²) in [5.74, 6) is -0.124. The smallest absolute Gasteiger partial charge is 0.312 e. The molecule has 0 aliphatic carbocycles. The average Bonchev–Trinajstić information content (AvgIpc) is 2.46. The van der Waals surface area contributed by atoms with Gasteiger partial charge in [-0.25, -0.2) is 0 Å². The molecule has 2 rings (SSSR count). The van der Waals surface area contributed by atoms with Gasteiger partial charge in [-0.15, -0.1) is 0 Å². The van der Waals surface area contributed by atoms with Crippen molar-refractivity contribution < 1.29 is 19.4 Å². The van der Waals surface area contributed by atoms with Gasteiger partial charge in [-0.3, -0.25) is 9.59 Å². The molecule has 1 aliphatic heterocycles. The van der Waals surface area contributed by atoms with Crippen LogP contribution in [-0.2, 0) is 9.59 Å². The lowest BCUT2D eigenvalue weighted by Crippen LogP contribution is -2.38. The Kier molecular flexibility index (Phi) is 4.61. The number of benzene rings is 1. The third-order valence-electron chi connectivity index (χ3n) is 3.73. The zero-order chi connectivity index (χ0) is 14.5. The largest absolute Gasteiger partial charge is 0.496 e. The molecule has 20 heavy (non-hydrogen) atoms. The zero-order valence-corrected chi connectivity index (χ0v) is 11.5. The van der Waals surface area contributed by atoms with Crippen LogP contribution in [0.3, 0.4) is 0 Å². The number of aliphatic carboxylic acids is 1. The van der Waals surface area contributed by atoms with Gasteiger partial charge in [0.2, 0.25) is 5.91 Å². The number of carbonyl (C=O) groups excluding carboxylic acids is 1. The van der Waals surface area contributed by atoms with Crippen molar-refractivity contribution in [2.45, 2.75) is 25.2 Å². The van der Waals surface area contributed by atoms with E-state index >= 15 is 0 Å². The summed E-state index contributed by atoms with van der Waals surface area (Å²) in [6.45, 7) is 1.21. The Balaban J connectivity index is 1.97. The number of methoxy groups -OCH3 is 1. The molecule has 5 heteroatoms. The molecule has 0 spiro atoms. The molecule has 0 unspecified atom stereocenters. The number of para-hydroxylation sites is 1. The highest BCUT2D eigenvalue weighted by molar-refractivity contribution is 5.93. The molecule has 1 heterocycles. The number of hydrogen-bond acceptors (Lipinski definition) is 3. The van der Waals surface area contributed by atoms with Crippen LogP contribution in [0.25, 0.3) is 0 Å². The van der Waals surface area contributed by atoms with E-state index in [4.69, 9.17) is 9.84 Å². The molecule has 1 amide bonds. The van der Waals surface area contributed by atoms with Crippen molar-refractivity contribution in [3.8, 4) is 5.75 Å². The second-order valence-electron chi connectivity index (χ2n) is 4.97. The van der Waals surface area contributed by atoms with Gasteiger partial charge < -0.3 is 14.7 Å². The van der Waals surface area contributed by atoms with E-state index in [1.807, 2.05) is 18.2 Å². The lowest BCUT2D eigenvalue weighted by Gasteiger charge is -2.32. The van der Waals surface area contributed by atoms with E-state index in [9.17, 15) is 9.59 Å². The fourth-order valence-electron chi connectivity index (χ4n) is 2.68. The zero-order valence-electron chi connectivity index (χ0n) is 11.5. The summed E-state index contributed by atoms with van der Waals surface area (Å²) in [7, 11) is 1.66. The minimum Gasteiger partial charge on any atom is -0.496 e. The molecule has 1 saturated heterocycles. The van der Waals surface area contributed by atoms with Crippen LogP contribution < -0.4 is 4.74 Å². The molecule has 1 N–H and O–H groups in total. The Hall–Kier alpha value is -2.04. The molecule has 1 aromatic carbocycles. The molecule has 0 saturated carbocycles. The number of carboxylic acids is 1. The summed E-state index contributed by atoms with van der Waals surface area (Å²) in [6.07, 6.45) is 1.26. The summed E-state index contributed by atoms with van der Waals surface area (Å²) < 4.78 is 5.37. The highest BCUT2D eigenvalue weighted by Gasteiger charge is 2.26. The summed E-state index contributed by atoms with van der Waals surface area (Å²) in [5.41, 5.74) is 1.17. The van der Waals surface area contributed by atoms with Gasteiger partial charge in [0.15, 0.2) is 0 Å². The third kappa shape index (κ3) is 3.29. The molecule has 108 valence electrons. The van der Waals surface area contributed by atoms with Crippen LogP contribution in [0.1, 0.15) is 30.7 Å². The Bertz CT molecular complexity index is 492. The molecule has 0 radical (unpaired) electrons. The van der Waals surface area contributed by atoms with Gasteiger partial charge in [-0.2, -0.15) is 0 Å². The topological polar surface area (TPSA) is 66.8 Å². The van der Waals surface area contributed by atoms with Crippen LogP contribution >= 0.6 is 0 Å². The Morgan fingerprint density at radius 2 is 1.95 bits per heavy atom. The van der Waals surface area contributed by atoms with Crippen molar-refractivity contribution in [3.63, 3.8) is 0 Å². The Labute approximate surface area is 118 Å². The van der Waals surface area contributed by atoms with Gasteiger partial charge in [0, 0.05) is 13.1 Å². The molecule has 1 fully saturated rings. The summed E-state index contributed by atoms with van der Waals surface area (Å²) in [4.78, 5) is 23.9. The van der Waals surface area contributed by atoms with Crippen molar-refractivity contribution in [1.29, 1.82) is 0 Å². The highest BCUT2D eigenvalue weighted by atomic mass is 16.5. The molecular weight excluding hydrogens is 258 g/mol. The lowest BCUT2D eigenvalue weighted by molar-refractivity contribution is -0.144. The van der Waals surface area contributed by atoms with E-state index in [0.29, 0.717) is 19.0 Å². The summed E-state index contributed by atoms with van der Waals surface area (Å²) in [6, 6.07) is 7.92. The third-order valence-corrected chi connectivity index (χ3v) is 3.73. The number of ether oxygens (including phenoxy) is 1. The maximum absolute atomic E-state index is 11.7. The van der Waals surface area contributed by atoms with Gasteiger partial charge in [-0.05, 0) is 30.4 Å². The first-order valence-electron chi connectivity index (χ1n) is 6.74. The van der Waals surface area contributed by atoms with Crippen molar-refractivity contribution in [2.75, 3.05) is 20.2 Å². The van der Waals surface area contributed by atoms with Crippen molar-refractivity contribution >= 4 is 11.9 Å². The molecule has 5 nitrogen and oxygen atoms in total. The minimum atomic E-state index is -1.07. The van der Waals surface area contributed by atoms with Crippen molar-refractivity contribution in [1.82, 2.24) is 4.90 Å². The number of likely N-dealkylation sites (tertiary alicyclic amines) is 1. The monoisotopic (exact) mass is 277 g/mol. The first-order valence-corrected chi connectivity index (χ1v) is 6.74. The minimum absolute atomic E-state index is 0.295. The van der Waals surface area contributed by atoms with Gasteiger partial charge in [0.1, 0.15) is 12.2 Å². The molecule has 1 aromatic rings.